The zero-order valence-electron chi connectivity index (χ0n) is 11.7. The Morgan fingerprint density at radius 3 is 2.85 bits per heavy atom. The molecule has 2 fully saturated rings. The van der Waals surface area contributed by atoms with Gasteiger partial charge in [0.1, 0.15) is 6.61 Å². The lowest BCUT2D eigenvalue weighted by atomic mass is 9.77. The van der Waals surface area contributed by atoms with Crippen LogP contribution in [-0.4, -0.2) is 37.3 Å². The van der Waals surface area contributed by atoms with Crippen molar-refractivity contribution >= 4 is 6.09 Å². The number of carbonyl (C=O) groups is 1. The van der Waals surface area contributed by atoms with Crippen LogP contribution < -0.4 is 0 Å². The molecular weight excluding hydrogens is 254 g/mol. The summed E-state index contributed by atoms with van der Waals surface area (Å²) in [4.78, 5) is 13.8. The quantitative estimate of drug-likeness (QED) is 0.833. The van der Waals surface area contributed by atoms with Gasteiger partial charge in [0.2, 0.25) is 0 Å². The smallest absolute Gasteiger partial charge is 0.410 e. The standard InChI is InChI=1S/C16H21NO3/c18-15(20-10-14-6-2-1-3-7-14)17-11-16(12-17)8-4-5-9-19-13-16/h1-3,6-7H,4-5,8-13H2. The molecule has 2 aliphatic heterocycles. The number of hydrogen-bond donors (Lipinski definition) is 0. The maximum Gasteiger partial charge on any atom is 0.410 e. The number of amides is 1. The Balaban J connectivity index is 1.46. The number of hydrogen-bond acceptors (Lipinski definition) is 3. The van der Waals surface area contributed by atoms with Gasteiger partial charge in [-0.1, -0.05) is 36.8 Å². The van der Waals surface area contributed by atoms with Crippen molar-refractivity contribution in [2.24, 2.45) is 5.41 Å². The van der Waals surface area contributed by atoms with Gasteiger partial charge in [0.05, 0.1) is 6.61 Å². The Bertz CT molecular complexity index is 444. The van der Waals surface area contributed by atoms with Crippen molar-refractivity contribution in [2.75, 3.05) is 26.3 Å². The molecule has 1 amide bonds. The van der Waals surface area contributed by atoms with Gasteiger partial charge in [0, 0.05) is 25.1 Å². The summed E-state index contributed by atoms with van der Waals surface area (Å²) in [7, 11) is 0. The summed E-state index contributed by atoms with van der Waals surface area (Å²) in [5.41, 5.74) is 1.22. The molecule has 1 aromatic rings. The first kappa shape index (κ1) is 13.4. The van der Waals surface area contributed by atoms with E-state index in [9.17, 15) is 4.79 Å². The molecule has 1 aromatic carbocycles. The first-order chi connectivity index (χ1) is 9.77. The van der Waals surface area contributed by atoms with Gasteiger partial charge >= 0.3 is 6.09 Å². The second-order valence-corrected chi connectivity index (χ2v) is 5.91. The fourth-order valence-corrected chi connectivity index (χ4v) is 3.02. The Labute approximate surface area is 119 Å². The summed E-state index contributed by atoms with van der Waals surface area (Å²) in [6, 6.07) is 9.78. The Hall–Kier alpha value is -1.55. The summed E-state index contributed by atoms with van der Waals surface area (Å²) in [5, 5.41) is 0. The van der Waals surface area contributed by atoms with Crippen LogP contribution >= 0.6 is 0 Å². The molecule has 0 aromatic heterocycles. The van der Waals surface area contributed by atoms with Crippen molar-refractivity contribution in [1.29, 1.82) is 0 Å². The molecule has 108 valence electrons. The summed E-state index contributed by atoms with van der Waals surface area (Å²) in [6.45, 7) is 3.55. The highest BCUT2D eigenvalue weighted by molar-refractivity contribution is 5.69. The first-order valence-corrected chi connectivity index (χ1v) is 7.31. The summed E-state index contributed by atoms with van der Waals surface area (Å²) < 4.78 is 11.0. The predicted molar refractivity (Wildman–Crippen MR) is 75.3 cm³/mol. The SMILES string of the molecule is O=C(OCc1ccccc1)N1CC2(CCCCOC2)C1. The lowest BCUT2D eigenvalue weighted by Crippen LogP contribution is -2.60. The second kappa shape index (κ2) is 5.83. The minimum absolute atomic E-state index is 0.197. The van der Waals surface area contributed by atoms with Gasteiger partial charge in [-0.2, -0.15) is 0 Å². The summed E-state index contributed by atoms with van der Waals surface area (Å²) >= 11 is 0. The van der Waals surface area contributed by atoms with Gasteiger partial charge in [0.15, 0.2) is 0 Å². The minimum Gasteiger partial charge on any atom is -0.445 e. The van der Waals surface area contributed by atoms with E-state index in [1.165, 1.54) is 6.42 Å². The number of ether oxygens (including phenoxy) is 2. The Morgan fingerprint density at radius 1 is 1.25 bits per heavy atom. The third kappa shape index (κ3) is 2.96. The van der Waals surface area contributed by atoms with Crippen LogP contribution in [0.5, 0.6) is 0 Å². The van der Waals surface area contributed by atoms with E-state index in [0.717, 1.165) is 44.7 Å². The van der Waals surface area contributed by atoms with Crippen LogP contribution in [0.15, 0.2) is 30.3 Å². The lowest BCUT2D eigenvalue weighted by Gasteiger charge is -2.48. The normalized spacial score (nSPS) is 21.1. The molecule has 2 heterocycles. The number of nitrogens with zero attached hydrogens (tertiary/aromatic N) is 1. The van der Waals surface area contributed by atoms with E-state index in [0.29, 0.717) is 6.61 Å². The lowest BCUT2D eigenvalue weighted by molar-refractivity contribution is -0.0534. The van der Waals surface area contributed by atoms with E-state index in [1.807, 2.05) is 30.3 Å². The van der Waals surface area contributed by atoms with Gasteiger partial charge in [-0.25, -0.2) is 4.79 Å². The molecular formula is C16H21NO3. The van der Waals surface area contributed by atoms with E-state index in [4.69, 9.17) is 9.47 Å². The van der Waals surface area contributed by atoms with Crippen LogP contribution in [0.1, 0.15) is 24.8 Å². The van der Waals surface area contributed by atoms with Gasteiger partial charge in [-0.05, 0) is 18.4 Å². The van der Waals surface area contributed by atoms with E-state index < -0.39 is 0 Å². The number of likely N-dealkylation sites (tertiary alicyclic amines) is 1. The monoisotopic (exact) mass is 275 g/mol. The van der Waals surface area contributed by atoms with Gasteiger partial charge < -0.3 is 14.4 Å². The molecule has 0 atom stereocenters. The van der Waals surface area contributed by atoms with Crippen molar-refractivity contribution in [3.05, 3.63) is 35.9 Å². The molecule has 0 aliphatic carbocycles. The van der Waals surface area contributed by atoms with Crippen LogP contribution in [0.25, 0.3) is 0 Å². The van der Waals surface area contributed by atoms with Crippen LogP contribution in [0.2, 0.25) is 0 Å². The highest BCUT2D eigenvalue weighted by atomic mass is 16.6. The minimum atomic E-state index is -0.205. The Kier molecular flexibility index (Phi) is 3.92. The molecule has 1 spiro atoms. The molecule has 3 rings (SSSR count). The van der Waals surface area contributed by atoms with Gasteiger partial charge in [0.25, 0.3) is 0 Å². The average Bonchev–Trinajstić information content (AvgIpc) is 2.70. The summed E-state index contributed by atoms with van der Waals surface area (Å²) in [6.07, 6.45) is 3.30. The van der Waals surface area contributed by atoms with E-state index >= 15 is 0 Å². The van der Waals surface area contributed by atoms with Crippen molar-refractivity contribution in [2.45, 2.75) is 25.9 Å². The molecule has 0 bridgehead atoms. The number of benzene rings is 1. The molecule has 2 aliphatic rings. The highest BCUT2D eigenvalue weighted by Crippen LogP contribution is 2.37. The van der Waals surface area contributed by atoms with Gasteiger partial charge in [-0.3, -0.25) is 0 Å². The first-order valence-electron chi connectivity index (χ1n) is 7.31. The topological polar surface area (TPSA) is 38.8 Å². The van der Waals surface area contributed by atoms with Gasteiger partial charge in [-0.15, -0.1) is 0 Å². The highest BCUT2D eigenvalue weighted by Gasteiger charge is 2.46. The molecule has 0 radical (unpaired) electrons. The largest absolute Gasteiger partial charge is 0.445 e. The number of carbonyl (C=O) groups excluding carboxylic acids is 1. The molecule has 2 saturated heterocycles. The van der Waals surface area contributed by atoms with Crippen molar-refractivity contribution < 1.29 is 14.3 Å². The van der Waals surface area contributed by atoms with Crippen LogP contribution in [-0.2, 0) is 16.1 Å². The maximum absolute atomic E-state index is 12.0. The molecule has 0 saturated carbocycles. The Morgan fingerprint density at radius 2 is 2.05 bits per heavy atom. The van der Waals surface area contributed by atoms with Crippen LogP contribution in [0, 0.1) is 5.41 Å². The average molecular weight is 275 g/mol. The van der Waals surface area contributed by atoms with E-state index in [-0.39, 0.29) is 11.5 Å². The molecule has 4 heteroatoms. The fraction of sp³-hybridized carbons (Fsp3) is 0.562. The van der Waals surface area contributed by atoms with Crippen molar-refractivity contribution in [3.63, 3.8) is 0 Å². The summed E-state index contributed by atoms with van der Waals surface area (Å²) in [5.74, 6) is 0. The van der Waals surface area contributed by atoms with E-state index in [1.54, 1.807) is 4.90 Å². The van der Waals surface area contributed by atoms with Crippen molar-refractivity contribution in [1.82, 2.24) is 4.90 Å². The number of rotatable bonds is 2. The maximum atomic E-state index is 12.0. The molecule has 20 heavy (non-hydrogen) atoms. The fourth-order valence-electron chi connectivity index (χ4n) is 3.02. The molecule has 0 N–H and O–H groups in total. The van der Waals surface area contributed by atoms with Crippen molar-refractivity contribution in [3.8, 4) is 0 Å². The zero-order chi connectivity index (χ0) is 13.8. The van der Waals surface area contributed by atoms with Crippen LogP contribution in [0.4, 0.5) is 4.79 Å². The van der Waals surface area contributed by atoms with Crippen LogP contribution in [0.3, 0.4) is 0 Å². The third-order valence-corrected chi connectivity index (χ3v) is 4.17. The predicted octanol–water partition coefficient (Wildman–Crippen LogP) is 2.83. The second-order valence-electron chi connectivity index (χ2n) is 5.91. The molecule has 0 unspecified atom stereocenters. The third-order valence-electron chi connectivity index (χ3n) is 4.17. The van der Waals surface area contributed by atoms with E-state index in [2.05, 4.69) is 0 Å². The molecule has 4 nitrogen and oxygen atoms in total. The zero-order valence-corrected chi connectivity index (χ0v) is 11.7.